The summed E-state index contributed by atoms with van der Waals surface area (Å²) >= 11 is 0. The van der Waals surface area contributed by atoms with E-state index in [9.17, 15) is 27.2 Å². The molecule has 0 atom stereocenters. The summed E-state index contributed by atoms with van der Waals surface area (Å²) in [6, 6.07) is 6.82. The molecule has 12 heteroatoms. The number of ether oxygens (including phenoxy) is 1. The molecular formula is C22H17F4N5O3. The van der Waals surface area contributed by atoms with E-state index < -0.39 is 36.0 Å². The number of imide groups is 1. The Bertz CT molecular complexity index is 1280. The van der Waals surface area contributed by atoms with Crippen molar-refractivity contribution in [1.82, 2.24) is 9.97 Å². The maximum absolute atomic E-state index is 13.9. The van der Waals surface area contributed by atoms with E-state index in [1.807, 2.05) is 0 Å². The van der Waals surface area contributed by atoms with Crippen LogP contribution in [0.4, 0.5) is 39.5 Å². The Morgan fingerprint density at radius 2 is 1.85 bits per heavy atom. The number of alkyl halides is 3. The SMILES string of the molecule is CCc1cc(Oc2cc(N)ncn2)ccc1N1C(=O)CN(c2cc(F)cc(C(F)(F)F)c2)C1=O. The average molecular weight is 475 g/mol. The van der Waals surface area contributed by atoms with Crippen molar-refractivity contribution in [2.24, 2.45) is 0 Å². The van der Waals surface area contributed by atoms with Crippen molar-refractivity contribution < 1.29 is 31.9 Å². The van der Waals surface area contributed by atoms with Gasteiger partial charge in [0, 0.05) is 11.8 Å². The number of rotatable bonds is 5. The molecular weight excluding hydrogens is 458 g/mol. The molecule has 2 heterocycles. The number of aromatic nitrogens is 2. The molecule has 0 aliphatic carbocycles. The summed E-state index contributed by atoms with van der Waals surface area (Å²) in [6.45, 7) is 1.25. The average Bonchev–Trinajstić information content (AvgIpc) is 3.06. The molecule has 0 bridgehead atoms. The number of benzene rings is 2. The fraction of sp³-hybridized carbons (Fsp3) is 0.182. The van der Waals surface area contributed by atoms with Gasteiger partial charge in [0.1, 0.15) is 30.3 Å². The summed E-state index contributed by atoms with van der Waals surface area (Å²) < 4.78 is 58.8. The van der Waals surface area contributed by atoms with Crippen LogP contribution in [0.3, 0.4) is 0 Å². The van der Waals surface area contributed by atoms with Crippen LogP contribution >= 0.6 is 0 Å². The van der Waals surface area contributed by atoms with Crippen molar-refractivity contribution in [1.29, 1.82) is 0 Å². The Labute approximate surface area is 190 Å². The van der Waals surface area contributed by atoms with Gasteiger partial charge in [-0.3, -0.25) is 9.69 Å². The van der Waals surface area contributed by atoms with Gasteiger partial charge in [0.25, 0.3) is 5.91 Å². The minimum absolute atomic E-state index is 0.188. The zero-order valence-electron chi connectivity index (χ0n) is 17.6. The fourth-order valence-electron chi connectivity index (χ4n) is 3.49. The number of aryl methyl sites for hydroxylation is 1. The molecule has 0 spiro atoms. The van der Waals surface area contributed by atoms with Crippen molar-refractivity contribution >= 4 is 29.1 Å². The number of hydrogen-bond acceptors (Lipinski definition) is 6. The van der Waals surface area contributed by atoms with Gasteiger partial charge >= 0.3 is 12.2 Å². The lowest BCUT2D eigenvalue weighted by Crippen LogP contribution is -2.33. The standard InChI is InChI=1S/C22H17F4N5O3/c1-2-12-5-16(34-19-9-18(27)28-11-29-19)3-4-17(12)31-20(32)10-30(21(31)33)15-7-13(22(24,25)26)6-14(23)8-15/h3-9,11H,2,10H2,1H3,(H2,27,28,29). The van der Waals surface area contributed by atoms with Gasteiger partial charge in [0.05, 0.1) is 11.3 Å². The highest BCUT2D eigenvalue weighted by atomic mass is 19.4. The van der Waals surface area contributed by atoms with Crippen molar-refractivity contribution in [2.75, 3.05) is 22.1 Å². The van der Waals surface area contributed by atoms with Crippen molar-refractivity contribution in [3.63, 3.8) is 0 Å². The number of carbonyl (C=O) groups is 2. The first kappa shape index (κ1) is 23.0. The van der Waals surface area contributed by atoms with Gasteiger partial charge in [-0.25, -0.2) is 24.1 Å². The first-order valence-corrected chi connectivity index (χ1v) is 9.97. The lowest BCUT2D eigenvalue weighted by molar-refractivity contribution is -0.137. The molecule has 0 radical (unpaired) electrons. The Kier molecular flexibility index (Phi) is 5.82. The van der Waals surface area contributed by atoms with Gasteiger partial charge in [-0.05, 0) is 48.4 Å². The van der Waals surface area contributed by atoms with Crippen LogP contribution in [0.1, 0.15) is 18.1 Å². The quantitative estimate of drug-likeness (QED) is 0.429. The molecule has 1 aliphatic heterocycles. The molecule has 1 fully saturated rings. The maximum Gasteiger partial charge on any atom is 0.416 e. The summed E-state index contributed by atoms with van der Waals surface area (Å²) in [7, 11) is 0. The van der Waals surface area contributed by atoms with E-state index >= 15 is 0 Å². The minimum Gasteiger partial charge on any atom is -0.439 e. The second-order valence-electron chi connectivity index (χ2n) is 7.32. The zero-order chi connectivity index (χ0) is 24.6. The number of nitrogens with two attached hydrogens (primary N) is 1. The predicted octanol–water partition coefficient (Wildman–Crippen LogP) is 4.54. The summed E-state index contributed by atoms with van der Waals surface area (Å²) in [4.78, 5) is 35.1. The summed E-state index contributed by atoms with van der Waals surface area (Å²) in [6.07, 6.45) is -3.19. The summed E-state index contributed by atoms with van der Waals surface area (Å²) in [5, 5.41) is 0. The Hall–Kier alpha value is -4.22. The maximum atomic E-state index is 13.9. The fourth-order valence-corrected chi connectivity index (χ4v) is 3.49. The van der Waals surface area contributed by atoms with E-state index in [0.717, 1.165) is 15.9 Å². The van der Waals surface area contributed by atoms with Gasteiger partial charge in [-0.15, -0.1) is 0 Å². The first-order chi connectivity index (χ1) is 16.1. The molecule has 176 valence electrons. The number of anilines is 3. The van der Waals surface area contributed by atoms with E-state index in [4.69, 9.17) is 10.5 Å². The molecule has 3 amide bonds. The topological polar surface area (TPSA) is 102 Å². The van der Waals surface area contributed by atoms with E-state index in [1.54, 1.807) is 13.0 Å². The third kappa shape index (κ3) is 4.47. The van der Waals surface area contributed by atoms with Crippen LogP contribution in [0.5, 0.6) is 11.6 Å². The van der Waals surface area contributed by atoms with Crippen LogP contribution < -0.4 is 20.3 Å². The molecule has 0 saturated carbocycles. The molecule has 4 rings (SSSR count). The monoisotopic (exact) mass is 475 g/mol. The van der Waals surface area contributed by atoms with Crippen molar-refractivity contribution in [2.45, 2.75) is 19.5 Å². The Morgan fingerprint density at radius 3 is 2.53 bits per heavy atom. The summed E-state index contributed by atoms with van der Waals surface area (Å²) in [5.41, 5.74) is 4.77. The highest BCUT2D eigenvalue weighted by Crippen LogP contribution is 2.36. The number of urea groups is 1. The molecule has 34 heavy (non-hydrogen) atoms. The van der Waals surface area contributed by atoms with Crippen LogP contribution in [-0.2, 0) is 17.4 Å². The lowest BCUT2D eigenvalue weighted by Gasteiger charge is -2.20. The highest BCUT2D eigenvalue weighted by molar-refractivity contribution is 6.27. The van der Waals surface area contributed by atoms with Crippen molar-refractivity contribution in [3.05, 3.63) is 65.7 Å². The number of amides is 3. The van der Waals surface area contributed by atoms with Gasteiger partial charge < -0.3 is 10.5 Å². The van der Waals surface area contributed by atoms with Crippen LogP contribution in [0.2, 0.25) is 0 Å². The van der Waals surface area contributed by atoms with Gasteiger partial charge in [0.2, 0.25) is 5.88 Å². The third-order valence-corrected chi connectivity index (χ3v) is 5.04. The highest BCUT2D eigenvalue weighted by Gasteiger charge is 2.40. The molecule has 2 N–H and O–H groups in total. The van der Waals surface area contributed by atoms with E-state index in [0.29, 0.717) is 29.9 Å². The molecule has 1 saturated heterocycles. The third-order valence-electron chi connectivity index (χ3n) is 5.04. The van der Waals surface area contributed by atoms with Crippen LogP contribution in [0.25, 0.3) is 0 Å². The minimum atomic E-state index is -4.82. The largest absolute Gasteiger partial charge is 0.439 e. The van der Waals surface area contributed by atoms with E-state index in [1.165, 1.54) is 24.5 Å². The van der Waals surface area contributed by atoms with Crippen LogP contribution in [0, 0.1) is 5.82 Å². The Balaban J connectivity index is 1.64. The number of halogens is 4. The normalized spacial score (nSPS) is 14.1. The number of nitrogen functional groups attached to an aromatic ring is 1. The zero-order valence-corrected chi connectivity index (χ0v) is 17.6. The number of nitrogens with zero attached hydrogens (tertiary/aromatic N) is 4. The van der Waals surface area contributed by atoms with Gasteiger partial charge in [-0.1, -0.05) is 6.92 Å². The van der Waals surface area contributed by atoms with Gasteiger partial charge in [0.15, 0.2) is 0 Å². The Morgan fingerprint density at radius 1 is 1.09 bits per heavy atom. The summed E-state index contributed by atoms with van der Waals surface area (Å²) in [5.74, 6) is -1.10. The lowest BCUT2D eigenvalue weighted by atomic mass is 10.1. The van der Waals surface area contributed by atoms with E-state index in [-0.39, 0.29) is 23.1 Å². The predicted molar refractivity (Wildman–Crippen MR) is 114 cm³/mol. The second-order valence-corrected chi connectivity index (χ2v) is 7.32. The molecule has 1 aromatic heterocycles. The number of hydrogen-bond donors (Lipinski definition) is 1. The first-order valence-electron chi connectivity index (χ1n) is 9.97. The van der Waals surface area contributed by atoms with Gasteiger partial charge in [-0.2, -0.15) is 13.2 Å². The molecule has 3 aromatic rings. The molecule has 1 aliphatic rings. The smallest absolute Gasteiger partial charge is 0.416 e. The molecule has 0 unspecified atom stereocenters. The van der Waals surface area contributed by atoms with Crippen molar-refractivity contribution in [3.8, 4) is 11.6 Å². The van der Waals surface area contributed by atoms with Crippen LogP contribution in [-0.4, -0.2) is 28.5 Å². The molecule has 8 nitrogen and oxygen atoms in total. The van der Waals surface area contributed by atoms with E-state index in [2.05, 4.69) is 9.97 Å². The second kappa shape index (κ2) is 8.61. The van der Waals surface area contributed by atoms with Crippen LogP contribution in [0.15, 0.2) is 48.8 Å². The number of carbonyl (C=O) groups excluding carboxylic acids is 2. The molecule has 2 aromatic carbocycles.